The van der Waals surface area contributed by atoms with E-state index in [2.05, 4.69) is 23.9 Å². The number of rotatable bonds is 2. The molecule has 0 aliphatic heterocycles. The molecule has 3 nitrogen and oxygen atoms in total. The van der Waals surface area contributed by atoms with Crippen LogP contribution in [-0.4, -0.2) is 18.1 Å². The van der Waals surface area contributed by atoms with E-state index < -0.39 is 0 Å². The number of nitrogens with two attached hydrogens (primary N) is 1. The van der Waals surface area contributed by atoms with Crippen molar-refractivity contribution in [1.29, 1.82) is 0 Å². The van der Waals surface area contributed by atoms with E-state index in [0.717, 1.165) is 17.4 Å². The summed E-state index contributed by atoms with van der Waals surface area (Å²) in [5.74, 6) is 1.80. The zero-order valence-corrected chi connectivity index (χ0v) is 10.2. The average Bonchev–Trinajstić information content (AvgIpc) is 2.30. The van der Waals surface area contributed by atoms with Crippen LogP contribution in [0.4, 0.5) is 11.5 Å². The molecular weight excluding hydrogens is 198 g/mol. The van der Waals surface area contributed by atoms with Crippen molar-refractivity contribution in [3.05, 3.63) is 18.3 Å². The smallest absolute Gasteiger partial charge is 0.128 e. The first-order valence-corrected chi connectivity index (χ1v) is 6.13. The Morgan fingerprint density at radius 1 is 1.31 bits per heavy atom. The van der Waals surface area contributed by atoms with Gasteiger partial charge >= 0.3 is 0 Å². The third-order valence-corrected chi connectivity index (χ3v) is 3.70. The summed E-state index contributed by atoms with van der Waals surface area (Å²) in [4.78, 5) is 6.70. The lowest BCUT2D eigenvalue weighted by molar-refractivity contribution is 0.320. The standard InChI is InChI=1S/C13H21N3/c1-10-5-3-4-6-12(10)16(2)13-8-7-11(14)9-15-13/h7-10,12H,3-6,14H2,1-2H3. The molecule has 1 aliphatic rings. The van der Waals surface area contributed by atoms with Gasteiger partial charge in [0.05, 0.1) is 11.9 Å². The fraction of sp³-hybridized carbons (Fsp3) is 0.615. The number of aromatic nitrogens is 1. The minimum Gasteiger partial charge on any atom is -0.397 e. The molecule has 2 N–H and O–H groups in total. The van der Waals surface area contributed by atoms with Crippen LogP contribution in [0.2, 0.25) is 0 Å². The molecule has 1 fully saturated rings. The van der Waals surface area contributed by atoms with Crippen LogP contribution in [0.1, 0.15) is 32.6 Å². The van der Waals surface area contributed by atoms with Gasteiger partial charge < -0.3 is 10.6 Å². The van der Waals surface area contributed by atoms with E-state index in [1.807, 2.05) is 12.1 Å². The van der Waals surface area contributed by atoms with Gasteiger partial charge in [-0.25, -0.2) is 4.98 Å². The molecular formula is C13H21N3. The Kier molecular flexibility index (Phi) is 3.32. The molecule has 0 bridgehead atoms. The van der Waals surface area contributed by atoms with Crippen molar-refractivity contribution in [2.75, 3.05) is 17.7 Å². The van der Waals surface area contributed by atoms with E-state index in [1.54, 1.807) is 6.20 Å². The van der Waals surface area contributed by atoms with Gasteiger partial charge in [-0.3, -0.25) is 0 Å². The van der Waals surface area contributed by atoms with Gasteiger partial charge in [0.25, 0.3) is 0 Å². The largest absolute Gasteiger partial charge is 0.397 e. The van der Waals surface area contributed by atoms with Gasteiger partial charge in [0, 0.05) is 13.1 Å². The maximum Gasteiger partial charge on any atom is 0.128 e. The summed E-state index contributed by atoms with van der Waals surface area (Å²) in [7, 11) is 2.14. The molecule has 0 amide bonds. The molecule has 1 heterocycles. The second-order valence-electron chi connectivity index (χ2n) is 4.89. The van der Waals surface area contributed by atoms with Crippen LogP contribution in [0.3, 0.4) is 0 Å². The predicted molar refractivity (Wildman–Crippen MR) is 68.5 cm³/mol. The van der Waals surface area contributed by atoms with Crippen LogP contribution in [0.25, 0.3) is 0 Å². The molecule has 2 rings (SSSR count). The molecule has 3 heteroatoms. The summed E-state index contributed by atoms with van der Waals surface area (Å²) >= 11 is 0. The summed E-state index contributed by atoms with van der Waals surface area (Å²) in [6.45, 7) is 2.34. The molecule has 0 spiro atoms. The van der Waals surface area contributed by atoms with E-state index in [0.29, 0.717) is 6.04 Å². The van der Waals surface area contributed by atoms with Crippen molar-refractivity contribution in [3.8, 4) is 0 Å². The summed E-state index contributed by atoms with van der Waals surface area (Å²) < 4.78 is 0. The van der Waals surface area contributed by atoms with Gasteiger partial charge in [-0.1, -0.05) is 19.8 Å². The maximum atomic E-state index is 5.65. The van der Waals surface area contributed by atoms with Crippen molar-refractivity contribution in [2.45, 2.75) is 38.6 Å². The topological polar surface area (TPSA) is 42.1 Å². The molecule has 1 aromatic heterocycles. The van der Waals surface area contributed by atoms with Crippen LogP contribution in [0, 0.1) is 5.92 Å². The predicted octanol–water partition coefficient (Wildman–Crippen LogP) is 2.68. The number of pyridine rings is 1. The molecule has 88 valence electrons. The third kappa shape index (κ3) is 2.29. The lowest BCUT2D eigenvalue weighted by Crippen LogP contribution is -2.39. The van der Waals surface area contributed by atoms with Crippen LogP contribution >= 0.6 is 0 Å². The molecule has 1 aliphatic carbocycles. The molecule has 2 atom stereocenters. The number of hydrogen-bond donors (Lipinski definition) is 1. The van der Waals surface area contributed by atoms with Gasteiger partial charge in [0.2, 0.25) is 0 Å². The summed E-state index contributed by atoms with van der Waals surface area (Å²) in [5, 5.41) is 0. The molecule has 1 aromatic rings. The number of hydrogen-bond acceptors (Lipinski definition) is 3. The highest BCUT2D eigenvalue weighted by Gasteiger charge is 2.25. The summed E-state index contributed by atoms with van der Waals surface area (Å²) in [6.07, 6.45) is 7.07. The van der Waals surface area contributed by atoms with Gasteiger partial charge in [0.1, 0.15) is 5.82 Å². The number of anilines is 2. The molecule has 2 unspecified atom stereocenters. The second kappa shape index (κ2) is 4.73. The average molecular weight is 219 g/mol. The van der Waals surface area contributed by atoms with E-state index in [-0.39, 0.29) is 0 Å². The van der Waals surface area contributed by atoms with Gasteiger partial charge in [-0.05, 0) is 30.9 Å². The minimum atomic E-state index is 0.630. The van der Waals surface area contributed by atoms with E-state index in [4.69, 9.17) is 5.73 Å². The van der Waals surface area contributed by atoms with E-state index >= 15 is 0 Å². The van der Waals surface area contributed by atoms with Crippen molar-refractivity contribution >= 4 is 11.5 Å². The molecule has 16 heavy (non-hydrogen) atoms. The second-order valence-corrected chi connectivity index (χ2v) is 4.89. The van der Waals surface area contributed by atoms with E-state index in [1.165, 1.54) is 25.7 Å². The lowest BCUT2D eigenvalue weighted by atomic mass is 9.85. The monoisotopic (exact) mass is 219 g/mol. The Labute approximate surface area is 97.7 Å². The highest BCUT2D eigenvalue weighted by molar-refractivity contribution is 5.46. The molecule has 0 saturated heterocycles. The number of nitrogens with zero attached hydrogens (tertiary/aromatic N) is 2. The Morgan fingerprint density at radius 3 is 2.69 bits per heavy atom. The SMILES string of the molecule is CC1CCCCC1N(C)c1ccc(N)cn1. The van der Waals surface area contributed by atoms with Gasteiger partial charge in [-0.15, -0.1) is 0 Å². The van der Waals surface area contributed by atoms with Crippen molar-refractivity contribution in [3.63, 3.8) is 0 Å². The van der Waals surface area contributed by atoms with Crippen molar-refractivity contribution in [1.82, 2.24) is 4.98 Å². The lowest BCUT2D eigenvalue weighted by Gasteiger charge is -2.37. The molecule has 0 aromatic carbocycles. The minimum absolute atomic E-state index is 0.630. The fourth-order valence-electron chi connectivity index (χ4n) is 2.65. The third-order valence-electron chi connectivity index (χ3n) is 3.70. The molecule has 1 saturated carbocycles. The Bertz CT molecular complexity index is 334. The Hall–Kier alpha value is -1.25. The van der Waals surface area contributed by atoms with Crippen molar-refractivity contribution < 1.29 is 0 Å². The van der Waals surface area contributed by atoms with Crippen LogP contribution < -0.4 is 10.6 Å². The van der Waals surface area contributed by atoms with Gasteiger partial charge in [0.15, 0.2) is 0 Å². The zero-order chi connectivity index (χ0) is 11.5. The van der Waals surface area contributed by atoms with Gasteiger partial charge in [-0.2, -0.15) is 0 Å². The van der Waals surface area contributed by atoms with Crippen LogP contribution in [0.15, 0.2) is 18.3 Å². The van der Waals surface area contributed by atoms with E-state index in [9.17, 15) is 0 Å². The summed E-state index contributed by atoms with van der Waals surface area (Å²) in [5.41, 5.74) is 6.38. The zero-order valence-electron chi connectivity index (χ0n) is 10.2. The highest BCUT2D eigenvalue weighted by atomic mass is 15.2. The Balaban J connectivity index is 2.11. The fourth-order valence-corrected chi connectivity index (χ4v) is 2.65. The van der Waals surface area contributed by atoms with Crippen molar-refractivity contribution in [2.24, 2.45) is 5.92 Å². The first-order chi connectivity index (χ1) is 7.68. The van der Waals surface area contributed by atoms with Crippen LogP contribution in [0.5, 0.6) is 0 Å². The summed E-state index contributed by atoms with van der Waals surface area (Å²) in [6, 6.07) is 4.56. The maximum absolute atomic E-state index is 5.65. The highest BCUT2D eigenvalue weighted by Crippen LogP contribution is 2.29. The number of nitrogen functional groups attached to an aromatic ring is 1. The quantitative estimate of drug-likeness (QED) is 0.831. The first-order valence-electron chi connectivity index (χ1n) is 6.13. The Morgan fingerprint density at radius 2 is 2.06 bits per heavy atom. The van der Waals surface area contributed by atoms with Crippen LogP contribution in [-0.2, 0) is 0 Å². The first kappa shape index (κ1) is 11.2. The molecule has 0 radical (unpaired) electrons. The normalized spacial score (nSPS) is 25.4.